The summed E-state index contributed by atoms with van der Waals surface area (Å²) in [6, 6.07) is 8.31. The minimum atomic E-state index is -0.190. The van der Waals surface area contributed by atoms with Crippen LogP contribution >= 0.6 is 11.8 Å². The summed E-state index contributed by atoms with van der Waals surface area (Å²) in [6.45, 7) is 19.6. The number of esters is 1. The van der Waals surface area contributed by atoms with Crippen molar-refractivity contribution in [2.75, 3.05) is 7.05 Å². The second kappa shape index (κ2) is 13.6. The molecule has 49 heavy (non-hydrogen) atoms. The highest BCUT2D eigenvalue weighted by Gasteiger charge is 2.59. The van der Waals surface area contributed by atoms with Crippen LogP contribution in [0.4, 0.5) is 0 Å². The normalized spacial score (nSPS) is 35.3. The fraction of sp³-hybridized carbons (Fsp3) is 0.659. The van der Waals surface area contributed by atoms with Crippen LogP contribution in [0.1, 0.15) is 118 Å². The van der Waals surface area contributed by atoms with E-state index >= 15 is 0 Å². The number of fused-ring (bicyclic) bond motifs is 6. The number of thioether (sulfide) groups is 1. The maximum atomic E-state index is 13.6. The van der Waals surface area contributed by atoms with Crippen LogP contribution in [0.25, 0.3) is 16.5 Å². The molecule has 0 bridgehead atoms. The van der Waals surface area contributed by atoms with E-state index in [2.05, 4.69) is 82.3 Å². The van der Waals surface area contributed by atoms with E-state index in [0.29, 0.717) is 11.1 Å². The molecule has 1 N–H and O–H groups in total. The highest BCUT2D eigenvalue weighted by Crippen LogP contribution is 2.67. The molecule has 1 aromatic carbocycles. The molecule has 0 radical (unpaired) electrons. The first kappa shape index (κ1) is 35.0. The van der Waals surface area contributed by atoms with Gasteiger partial charge in [0.1, 0.15) is 17.2 Å². The molecule has 266 valence electrons. The monoisotopic (exact) mass is 682 g/mol. The molecule has 0 amide bonds. The molecule has 0 spiro atoms. The predicted molar refractivity (Wildman–Crippen MR) is 207 cm³/mol. The molecule has 3 saturated carbocycles. The second-order valence-electron chi connectivity index (χ2n) is 17.6. The van der Waals surface area contributed by atoms with Crippen molar-refractivity contribution >= 4 is 34.2 Å². The molecule has 1 aliphatic heterocycles. The Bertz CT molecular complexity index is 1620. The number of aromatic amines is 1. The molecule has 10 unspecified atom stereocenters. The summed E-state index contributed by atoms with van der Waals surface area (Å²) < 4.78 is 6.31. The maximum absolute atomic E-state index is 13.6. The molecular formula is C44H62N2O2S. The Morgan fingerprint density at radius 2 is 1.88 bits per heavy atom. The van der Waals surface area contributed by atoms with Gasteiger partial charge >= 0.3 is 5.97 Å². The van der Waals surface area contributed by atoms with Gasteiger partial charge in [-0.05, 0) is 115 Å². The molecule has 7 rings (SSSR count). The molecule has 4 nitrogen and oxygen atoms in total. The number of para-hydroxylation sites is 1. The highest BCUT2D eigenvalue weighted by atomic mass is 32.2. The van der Waals surface area contributed by atoms with Gasteiger partial charge < -0.3 is 14.6 Å². The molecule has 2 heterocycles. The van der Waals surface area contributed by atoms with Gasteiger partial charge in [-0.3, -0.25) is 0 Å². The van der Waals surface area contributed by atoms with Crippen molar-refractivity contribution in [1.82, 2.24) is 9.88 Å². The largest absolute Gasteiger partial charge is 0.457 e. The molecule has 1 aromatic heterocycles. The van der Waals surface area contributed by atoms with Gasteiger partial charge in [0, 0.05) is 41.5 Å². The van der Waals surface area contributed by atoms with E-state index in [9.17, 15) is 4.79 Å². The van der Waals surface area contributed by atoms with E-state index in [1.54, 1.807) is 17.3 Å². The first-order chi connectivity index (χ1) is 23.5. The van der Waals surface area contributed by atoms with E-state index in [-0.39, 0.29) is 22.9 Å². The van der Waals surface area contributed by atoms with Crippen molar-refractivity contribution in [1.29, 1.82) is 0 Å². The fourth-order valence-electron chi connectivity index (χ4n) is 12.0. The van der Waals surface area contributed by atoms with Gasteiger partial charge in [-0.1, -0.05) is 90.8 Å². The van der Waals surface area contributed by atoms with Gasteiger partial charge in [-0.15, -0.1) is 11.8 Å². The third-order valence-corrected chi connectivity index (χ3v) is 16.3. The SMILES string of the molecule is C=C(c1c[nH]c2ccccc12)C1SC=C(C(=O)OC2CCC3(C)C(=CCC4C3CCC3(C)C(C(C)CCC(CC)C(C)C)CCC43)C2)N1C. The lowest BCUT2D eigenvalue weighted by molar-refractivity contribution is -0.148. The fourth-order valence-corrected chi connectivity index (χ4v) is 13.1. The number of benzene rings is 1. The number of nitrogens with zero attached hydrogens (tertiary/aromatic N) is 1. The number of carbonyl (C=O) groups excluding carboxylic acids is 1. The number of ether oxygens (including phenoxy) is 1. The summed E-state index contributed by atoms with van der Waals surface area (Å²) in [6.07, 6.45) is 18.6. The van der Waals surface area contributed by atoms with Crippen LogP contribution in [0, 0.1) is 52.3 Å². The van der Waals surface area contributed by atoms with E-state index in [1.165, 1.54) is 51.4 Å². The van der Waals surface area contributed by atoms with Crippen molar-refractivity contribution < 1.29 is 9.53 Å². The van der Waals surface area contributed by atoms with Crippen molar-refractivity contribution in [2.24, 2.45) is 52.3 Å². The van der Waals surface area contributed by atoms with E-state index in [1.807, 2.05) is 24.7 Å². The predicted octanol–water partition coefficient (Wildman–Crippen LogP) is 11.6. The zero-order valence-electron chi connectivity index (χ0n) is 31.4. The van der Waals surface area contributed by atoms with E-state index < -0.39 is 0 Å². The average molecular weight is 683 g/mol. The van der Waals surface area contributed by atoms with Gasteiger partial charge in [-0.2, -0.15) is 0 Å². The van der Waals surface area contributed by atoms with Crippen molar-refractivity contribution in [3.8, 4) is 0 Å². The van der Waals surface area contributed by atoms with Crippen LogP contribution in [0.2, 0.25) is 0 Å². The van der Waals surface area contributed by atoms with Crippen LogP contribution in [0.5, 0.6) is 0 Å². The van der Waals surface area contributed by atoms with Crippen molar-refractivity contribution in [2.45, 2.75) is 124 Å². The van der Waals surface area contributed by atoms with Gasteiger partial charge in [0.2, 0.25) is 0 Å². The number of carbonyl (C=O) groups is 1. The third-order valence-electron chi connectivity index (χ3n) is 15.0. The highest BCUT2D eigenvalue weighted by molar-refractivity contribution is 8.03. The van der Waals surface area contributed by atoms with Gasteiger partial charge in [0.25, 0.3) is 0 Å². The lowest BCUT2D eigenvalue weighted by Crippen LogP contribution is -2.51. The van der Waals surface area contributed by atoms with Gasteiger partial charge in [-0.25, -0.2) is 4.79 Å². The summed E-state index contributed by atoms with van der Waals surface area (Å²) in [4.78, 5) is 19.1. The molecular weight excluding hydrogens is 621 g/mol. The zero-order valence-corrected chi connectivity index (χ0v) is 32.2. The number of H-pyrrole nitrogens is 1. The Morgan fingerprint density at radius 1 is 1.08 bits per heavy atom. The number of hydrogen-bond acceptors (Lipinski definition) is 4. The number of allylic oxidation sites excluding steroid dienone is 1. The quantitative estimate of drug-likeness (QED) is 0.200. The van der Waals surface area contributed by atoms with E-state index in [0.717, 1.165) is 82.7 Å². The Labute approximate surface area is 301 Å². The Kier molecular flexibility index (Phi) is 9.74. The first-order valence-corrected chi connectivity index (χ1v) is 20.6. The Hall–Kier alpha value is -2.40. The molecule has 3 fully saturated rings. The minimum Gasteiger partial charge on any atom is -0.457 e. The average Bonchev–Trinajstić information content (AvgIpc) is 3.79. The summed E-state index contributed by atoms with van der Waals surface area (Å²) in [5.74, 6) is 5.67. The zero-order chi connectivity index (χ0) is 34.7. The lowest BCUT2D eigenvalue weighted by atomic mass is 9.47. The second-order valence-corrected chi connectivity index (χ2v) is 18.6. The maximum Gasteiger partial charge on any atom is 0.355 e. The summed E-state index contributed by atoms with van der Waals surface area (Å²) in [5, 5.41) is 3.11. The van der Waals surface area contributed by atoms with Gasteiger partial charge in [0.15, 0.2) is 0 Å². The number of rotatable bonds is 10. The molecule has 4 aliphatic carbocycles. The van der Waals surface area contributed by atoms with Crippen molar-refractivity contribution in [3.05, 3.63) is 65.4 Å². The molecule has 5 aliphatic rings. The molecule has 2 aromatic rings. The number of hydrogen-bond donors (Lipinski definition) is 1. The summed E-state index contributed by atoms with van der Waals surface area (Å²) in [7, 11) is 2.00. The van der Waals surface area contributed by atoms with Gasteiger partial charge in [0.05, 0.1) is 0 Å². The summed E-state index contributed by atoms with van der Waals surface area (Å²) >= 11 is 1.65. The molecule has 10 atom stereocenters. The molecule has 5 heteroatoms. The van der Waals surface area contributed by atoms with Crippen LogP contribution < -0.4 is 0 Å². The van der Waals surface area contributed by atoms with Crippen LogP contribution in [0.15, 0.2) is 59.8 Å². The topological polar surface area (TPSA) is 45.3 Å². The number of aromatic nitrogens is 1. The summed E-state index contributed by atoms with van der Waals surface area (Å²) in [5.41, 5.74) is 6.20. The van der Waals surface area contributed by atoms with E-state index in [4.69, 9.17) is 4.74 Å². The Balaban J connectivity index is 0.971. The number of likely N-dealkylation sites (N-methyl/N-ethyl adjacent to an activating group) is 1. The minimum absolute atomic E-state index is 0.0298. The third kappa shape index (κ3) is 6.06. The number of nitrogens with one attached hydrogen (secondary N) is 1. The van der Waals surface area contributed by atoms with Crippen molar-refractivity contribution in [3.63, 3.8) is 0 Å². The van der Waals surface area contributed by atoms with Crippen LogP contribution in [0.3, 0.4) is 0 Å². The standard InChI is InChI=1S/C44H62N2O2S/c1-9-30(27(2)3)15-14-28(4)36-18-19-37-34-17-16-31-24-32(20-22-43(31,6)38(34)21-23-44(36,37)7)48-42(47)40-26-49-41(46(40)8)29(5)35-25-45-39-13-11-10-12-33(35)39/h10-13,16,25-28,30,32,34,36-38,41,45H,5,9,14-15,17-24H2,1-4,6-8H3. The lowest BCUT2D eigenvalue weighted by Gasteiger charge is -2.58. The molecule has 0 saturated heterocycles. The first-order valence-electron chi connectivity index (χ1n) is 19.7. The smallest absolute Gasteiger partial charge is 0.355 e. The van der Waals surface area contributed by atoms with Crippen LogP contribution in [-0.2, 0) is 9.53 Å². The Morgan fingerprint density at radius 3 is 2.65 bits per heavy atom. The van der Waals surface area contributed by atoms with Crippen LogP contribution in [-0.4, -0.2) is 34.4 Å².